The molecule has 2 aromatic rings. The molecule has 136 valence electrons. The van der Waals surface area contributed by atoms with E-state index >= 15 is 0 Å². The lowest BCUT2D eigenvalue weighted by atomic mass is 9.86. The van der Waals surface area contributed by atoms with Crippen LogP contribution in [0.3, 0.4) is 0 Å². The van der Waals surface area contributed by atoms with Crippen LogP contribution in [-0.4, -0.2) is 42.2 Å². The van der Waals surface area contributed by atoms with E-state index in [0.29, 0.717) is 26.1 Å². The number of hydrogen-bond acceptors (Lipinski definition) is 5. The summed E-state index contributed by atoms with van der Waals surface area (Å²) in [6, 6.07) is 6.22. The zero-order chi connectivity index (χ0) is 17.9. The predicted octanol–water partition coefficient (Wildman–Crippen LogP) is 2.20. The van der Waals surface area contributed by atoms with E-state index in [-0.39, 0.29) is 17.5 Å². The lowest BCUT2D eigenvalue weighted by Crippen LogP contribution is -2.38. The van der Waals surface area contributed by atoms with Crippen molar-refractivity contribution in [2.45, 2.75) is 19.3 Å². The molecule has 1 aliphatic heterocycles. The summed E-state index contributed by atoms with van der Waals surface area (Å²) >= 11 is 0. The van der Waals surface area contributed by atoms with Gasteiger partial charge in [-0.1, -0.05) is 12.1 Å². The Morgan fingerprint density at radius 2 is 2.08 bits per heavy atom. The number of ether oxygens (including phenoxy) is 1. The van der Waals surface area contributed by atoms with Crippen LogP contribution in [0.5, 0.6) is 0 Å². The molecule has 1 N–H and O–H groups in total. The molecule has 1 aromatic heterocycles. The highest BCUT2D eigenvalue weighted by molar-refractivity contribution is 5.93. The SMILES string of the molecule is O=C(Nc1ccccc1F)C1CCc2nc(N3CCOCC3)ncc2C1. The number of nitrogens with one attached hydrogen (secondary N) is 1. The number of nitrogens with zero attached hydrogens (tertiary/aromatic N) is 3. The van der Waals surface area contributed by atoms with Crippen molar-refractivity contribution in [2.24, 2.45) is 5.92 Å². The van der Waals surface area contributed by atoms with Crippen molar-refractivity contribution in [1.29, 1.82) is 0 Å². The van der Waals surface area contributed by atoms with Gasteiger partial charge in [0.15, 0.2) is 0 Å². The van der Waals surface area contributed by atoms with E-state index in [1.165, 1.54) is 6.07 Å². The number of benzene rings is 1. The Labute approximate surface area is 151 Å². The Hall–Kier alpha value is -2.54. The van der Waals surface area contributed by atoms with Crippen molar-refractivity contribution < 1.29 is 13.9 Å². The van der Waals surface area contributed by atoms with Crippen molar-refractivity contribution in [3.63, 3.8) is 0 Å². The third-order valence-electron chi connectivity index (χ3n) is 4.93. The fourth-order valence-corrected chi connectivity index (χ4v) is 3.43. The van der Waals surface area contributed by atoms with Gasteiger partial charge in [0.1, 0.15) is 5.82 Å². The highest BCUT2D eigenvalue weighted by Crippen LogP contribution is 2.27. The van der Waals surface area contributed by atoms with Crippen molar-refractivity contribution >= 4 is 17.5 Å². The average Bonchev–Trinajstić information content (AvgIpc) is 2.69. The third-order valence-corrected chi connectivity index (χ3v) is 4.93. The van der Waals surface area contributed by atoms with E-state index in [1.54, 1.807) is 18.2 Å². The van der Waals surface area contributed by atoms with Crippen LogP contribution in [0.25, 0.3) is 0 Å². The number of carbonyl (C=O) groups is 1. The van der Waals surface area contributed by atoms with Crippen LogP contribution in [0, 0.1) is 11.7 Å². The summed E-state index contributed by atoms with van der Waals surface area (Å²) in [4.78, 5) is 23.8. The summed E-state index contributed by atoms with van der Waals surface area (Å²) in [6.07, 6.45) is 3.84. The molecule has 0 radical (unpaired) electrons. The fraction of sp³-hybridized carbons (Fsp3) is 0.421. The molecule has 0 bridgehead atoms. The van der Waals surface area contributed by atoms with Crippen LogP contribution in [0.15, 0.2) is 30.5 Å². The number of fused-ring (bicyclic) bond motifs is 1. The van der Waals surface area contributed by atoms with E-state index in [4.69, 9.17) is 9.72 Å². The maximum atomic E-state index is 13.7. The largest absolute Gasteiger partial charge is 0.378 e. The van der Waals surface area contributed by atoms with Gasteiger partial charge in [-0.2, -0.15) is 0 Å². The molecule has 1 aliphatic carbocycles. The molecule has 0 spiro atoms. The molecular formula is C19H21FN4O2. The Kier molecular flexibility index (Phi) is 4.79. The Morgan fingerprint density at radius 1 is 1.27 bits per heavy atom. The van der Waals surface area contributed by atoms with Crippen molar-refractivity contribution in [3.8, 4) is 0 Å². The highest BCUT2D eigenvalue weighted by Gasteiger charge is 2.27. The Bertz CT molecular complexity index is 808. The molecule has 7 heteroatoms. The number of amides is 1. The Balaban J connectivity index is 1.44. The molecule has 1 saturated heterocycles. The normalized spacial score (nSPS) is 19.7. The number of halogens is 1. The topological polar surface area (TPSA) is 67.4 Å². The van der Waals surface area contributed by atoms with Gasteiger partial charge in [0.25, 0.3) is 0 Å². The van der Waals surface area contributed by atoms with Gasteiger partial charge < -0.3 is 15.0 Å². The first-order valence-electron chi connectivity index (χ1n) is 8.93. The van der Waals surface area contributed by atoms with Gasteiger partial charge in [0.2, 0.25) is 11.9 Å². The molecule has 6 nitrogen and oxygen atoms in total. The van der Waals surface area contributed by atoms with Gasteiger partial charge in [-0.25, -0.2) is 14.4 Å². The predicted molar refractivity (Wildman–Crippen MR) is 95.6 cm³/mol. The summed E-state index contributed by atoms with van der Waals surface area (Å²) in [6.45, 7) is 2.98. The number of anilines is 2. The summed E-state index contributed by atoms with van der Waals surface area (Å²) in [5.41, 5.74) is 2.24. The molecule has 1 atom stereocenters. The van der Waals surface area contributed by atoms with Crippen LogP contribution < -0.4 is 10.2 Å². The van der Waals surface area contributed by atoms with E-state index in [9.17, 15) is 9.18 Å². The number of rotatable bonds is 3. The zero-order valence-electron chi connectivity index (χ0n) is 14.4. The summed E-state index contributed by atoms with van der Waals surface area (Å²) in [7, 11) is 0. The number of carbonyl (C=O) groups excluding carboxylic acids is 1. The summed E-state index contributed by atoms with van der Waals surface area (Å²) in [5, 5.41) is 2.70. The number of aromatic nitrogens is 2. The fourth-order valence-electron chi connectivity index (χ4n) is 3.43. The van der Waals surface area contributed by atoms with Gasteiger partial charge in [-0.05, 0) is 37.0 Å². The maximum absolute atomic E-state index is 13.7. The van der Waals surface area contributed by atoms with Crippen molar-refractivity contribution in [3.05, 3.63) is 47.5 Å². The van der Waals surface area contributed by atoms with E-state index in [2.05, 4.69) is 15.2 Å². The zero-order valence-corrected chi connectivity index (χ0v) is 14.4. The minimum absolute atomic E-state index is 0.155. The van der Waals surface area contributed by atoms with E-state index in [1.807, 2.05) is 6.20 Å². The van der Waals surface area contributed by atoms with Crippen LogP contribution >= 0.6 is 0 Å². The van der Waals surface area contributed by atoms with Gasteiger partial charge >= 0.3 is 0 Å². The van der Waals surface area contributed by atoms with Gasteiger partial charge in [0, 0.05) is 30.9 Å². The molecule has 1 amide bonds. The molecule has 4 rings (SSSR count). The molecule has 1 aromatic carbocycles. The molecule has 0 saturated carbocycles. The Morgan fingerprint density at radius 3 is 2.88 bits per heavy atom. The van der Waals surface area contributed by atoms with Crippen LogP contribution in [-0.2, 0) is 22.4 Å². The molecule has 26 heavy (non-hydrogen) atoms. The van der Waals surface area contributed by atoms with E-state index < -0.39 is 5.82 Å². The highest BCUT2D eigenvalue weighted by atomic mass is 19.1. The molecule has 1 fully saturated rings. The van der Waals surface area contributed by atoms with E-state index in [0.717, 1.165) is 36.7 Å². The number of para-hydroxylation sites is 1. The van der Waals surface area contributed by atoms with Crippen LogP contribution in [0.2, 0.25) is 0 Å². The number of aryl methyl sites for hydroxylation is 1. The first-order chi connectivity index (χ1) is 12.7. The lowest BCUT2D eigenvalue weighted by Gasteiger charge is -2.28. The minimum atomic E-state index is -0.421. The molecule has 2 heterocycles. The first kappa shape index (κ1) is 16.9. The number of hydrogen-bond donors (Lipinski definition) is 1. The van der Waals surface area contributed by atoms with Gasteiger partial charge in [0.05, 0.1) is 18.9 Å². The van der Waals surface area contributed by atoms with Crippen molar-refractivity contribution in [2.75, 3.05) is 36.5 Å². The second-order valence-electron chi connectivity index (χ2n) is 6.65. The quantitative estimate of drug-likeness (QED) is 0.913. The second kappa shape index (κ2) is 7.37. The third kappa shape index (κ3) is 3.53. The standard InChI is InChI=1S/C19H21FN4O2/c20-15-3-1-2-4-17(15)22-18(25)13-5-6-16-14(11-13)12-21-19(23-16)24-7-9-26-10-8-24/h1-4,12-13H,5-11H2,(H,22,25). The molecular weight excluding hydrogens is 335 g/mol. The van der Waals surface area contributed by atoms with Gasteiger partial charge in [-0.15, -0.1) is 0 Å². The lowest BCUT2D eigenvalue weighted by molar-refractivity contribution is -0.120. The summed E-state index contributed by atoms with van der Waals surface area (Å²) in [5.74, 6) is -0.0326. The molecule has 2 aliphatic rings. The second-order valence-corrected chi connectivity index (χ2v) is 6.65. The van der Waals surface area contributed by atoms with Gasteiger partial charge in [-0.3, -0.25) is 4.79 Å². The van der Waals surface area contributed by atoms with Crippen molar-refractivity contribution in [1.82, 2.24) is 9.97 Å². The maximum Gasteiger partial charge on any atom is 0.227 e. The van der Waals surface area contributed by atoms with Crippen LogP contribution in [0.4, 0.5) is 16.0 Å². The smallest absolute Gasteiger partial charge is 0.227 e. The van der Waals surface area contributed by atoms with Crippen LogP contribution in [0.1, 0.15) is 17.7 Å². The molecule has 1 unspecified atom stereocenters. The minimum Gasteiger partial charge on any atom is -0.378 e. The monoisotopic (exact) mass is 356 g/mol. The first-order valence-corrected chi connectivity index (χ1v) is 8.93. The summed E-state index contributed by atoms with van der Waals surface area (Å²) < 4.78 is 19.1. The average molecular weight is 356 g/mol. The number of morpholine rings is 1.